The number of rotatable bonds is 5. The standard InChI is InChI=1S/C16H25N3O/c1-3-16(4-2)9-10-19(12-16)11-13-7-5-6-8-14(13)15(17)18-20/h5-8,20H,3-4,9-12H2,1-2H3,(H2,17,18). The lowest BCUT2D eigenvalue weighted by Crippen LogP contribution is -2.27. The number of hydrogen-bond acceptors (Lipinski definition) is 3. The van der Waals surface area contributed by atoms with Gasteiger partial charge in [-0.15, -0.1) is 0 Å². The van der Waals surface area contributed by atoms with Crippen LogP contribution in [0.4, 0.5) is 0 Å². The van der Waals surface area contributed by atoms with E-state index in [0.29, 0.717) is 5.41 Å². The van der Waals surface area contributed by atoms with E-state index in [2.05, 4.69) is 30.0 Å². The van der Waals surface area contributed by atoms with Crippen molar-refractivity contribution in [2.24, 2.45) is 16.3 Å². The largest absolute Gasteiger partial charge is 0.409 e. The molecule has 1 aliphatic rings. The van der Waals surface area contributed by atoms with E-state index in [9.17, 15) is 0 Å². The van der Waals surface area contributed by atoms with E-state index in [0.717, 1.165) is 30.8 Å². The predicted molar refractivity (Wildman–Crippen MR) is 81.9 cm³/mol. The van der Waals surface area contributed by atoms with Crippen molar-refractivity contribution in [3.05, 3.63) is 35.4 Å². The summed E-state index contributed by atoms with van der Waals surface area (Å²) >= 11 is 0. The summed E-state index contributed by atoms with van der Waals surface area (Å²) in [4.78, 5) is 2.48. The van der Waals surface area contributed by atoms with E-state index >= 15 is 0 Å². The number of likely N-dealkylation sites (tertiary alicyclic amines) is 1. The van der Waals surface area contributed by atoms with Crippen molar-refractivity contribution < 1.29 is 5.21 Å². The highest BCUT2D eigenvalue weighted by atomic mass is 16.4. The molecule has 110 valence electrons. The predicted octanol–water partition coefficient (Wildman–Crippen LogP) is 2.79. The number of nitrogens with zero attached hydrogens (tertiary/aromatic N) is 2. The maximum atomic E-state index is 8.88. The summed E-state index contributed by atoms with van der Waals surface area (Å²) in [5.41, 5.74) is 8.20. The molecule has 0 saturated carbocycles. The van der Waals surface area contributed by atoms with Gasteiger partial charge >= 0.3 is 0 Å². The van der Waals surface area contributed by atoms with E-state index in [1.807, 2.05) is 18.2 Å². The fourth-order valence-corrected chi connectivity index (χ4v) is 3.19. The van der Waals surface area contributed by atoms with Gasteiger partial charge in [-0.3, -0.25) is 4.90 Å². The normalized spacial score (nSPS) is 19.4. The summed E-state index contributed by atoms with van der Waals surface area (Å²) in [5, 5.41) is 12.0. The van der Waals surface area contributed by atoms with Crippen LogP contribution >= 0.6 is 0 Å². The average molecular weight is 275 g/mol. The molecule has 0 aromatic heterocycles. The summed E-state index contributed by atoms with van der Waals surface area (Å²) in [6.45, 7) is 7.72. The zero-order valence-electron chi connectivity index (χ0n) is 12.5. The fourth-order valence-electron chi connectivity index (χ4n) is 3.19. The minimum absolute atomic E-state index is 0.192. The van der Waals surface area contributed by atoms with Crippen LogP contribution in [0.25, 0.3) is 0 Å². The maximum absolute atomic E-state index is 8.88. The molecule has 2 rings (SSSR count). The van der Waals surface area contributed by atoms with Crippen LogP contribution in [0.1, 0.15) is 44.2 Å². The van der Waals surface area contributed by atoms with Crippen LogP contribution in [0.2, 0.25) is 0 Å². The zero-order chi connectivity index (χ0) is 14.6. The Morgan fingerprint density at radius 1 is 1.35 bits per heavy atom. The highest BCUT2D eigenvalue weighted by Crippen LogP contribution is 2.37. The Bertz CT molecular complexity index is 480. The van der Waals surface area contributed by atoms with Gasteiger partial charge in [-0.2, -0.15) is 0 Å². The van der Waals surface area contributed by atoms with Crippen LogP contribution in [-0.2, 0) is 6.54 Å². The van der Waals surface area contributed by atoms with Crippen LogP contribution in [-0.4, -0.2) is 29.0 Å². The summed E-state index contributed by atoms with van der Waals surface area (Å²) in [7, 11) is 0. The second kappa shape index (κ2) is 6.27. The third-order valence-corrected chi connectivity index (χ3v) is 4.81. The molecular weight excluding hydrogens is 250 g/mol. The van der Waals surface area contributed by atoms with Gasteiger partial charge in [-0.25, -0.2) is 0 Å². The molecule has 1 fully saturated rings. The van der Waals surface area contributed by atoms with Gasteiger partial charge in [0.25, 0.3) is 0 Å². The van der Waals surface area contributed by atoms with Crippen molar-refractivity contribution in [3.63, 3.8) is 0 Å². The lowest BCUT2D eigenvalue weighted by Gasteiger charge is -2.26. The van der Waals surface area contributed by atoms with Gasteiger partial charge in [-0.1, -0.05) is 43.3 Å². The molecule has 0 radical (unpaired) electrons. The molecule has 0 spiro atoms. The molecule has 3 N–H and O–H groups in total. The first kappa shape index (κ1) is 14.9. The Kier molecular flexibility index (Phi) is 4.65. The third-order valence-electron chi connectivity index (χ3n) is 4.81. The van der Waals surface area contributed by atoms with Crippen LogP contribution < -0.4 is 5.73 Å². The van der Waals surface area contributed by atoms with E-state index in [4.69, 9.17) is 10.9 Å². The Morgan fingerprint density at radius 2 is 2.05 bits per heavy atom. The van der Waals surface area contributed by atoms with Crippen molar-refractivity contribution >= 4 is 5.84 Å². The first-order valence-electron chi connectivity index (χ1n) is 7.42. The molecule has 0 aliphatic carbocycles. The monoisotopic (exact) mass is 275 g/mol. The smallest absolute Gasteiger partial charge is 0.170 e. The Morgan fingerprint density at radius 3 is 2.65 bits per heavy atom. The van der Waals surface area contributed by atoms with E-state index in [1.165, 1.54) is 19.3 Å². The van der Waals surface area contributed by atoms with Crippen LogP contribution in [0, 0.1) is 5.41 Å². The van der Waals surface area contributed by atoms with E-state index < -0.39 is 0 Å². The lowest BCUT2D eigenvalue weighted by molar-refractivity contribution is 0.236. The van der Waals surface area contributed by atoms with Gasteiger partial charge in [-0.05, 0) is 36.8 Å². The van der Waals surface area contributed by atoms with Gasteiger partial charge in [0.15, 0.2) is 5.84 Å². The Balaban J connectivity index is 2.12. The molecule has 0 amide bonds. The lowest BCUT2D eigenvalue weighted by atomic mass is 9.82. The van der Waals surface area contributed by atoms with Gasteiger partial charge in [0.2, 0.25) is 0 Å². The second-order valence-electron chi connectivity index (χ2n) is 5.81. The maximum Gasteiger partial charge on any atom is 0.170 e. The molecule has 4 nitrogen and oxygen atoms in total. The van der Waals surface area contributed by atoms with Crippen molar-refractivity contribution in [1.29, 1.82) is 0 Å². The minimum Gasteiger partial charge on any atom is -0.409 e. The SMILES string of the molecule is CCC1(CC)CCN(Cc2ccccc2/C(N)=N/O)C1. The van der Waals surface area contributed by atoms with E-state index in [1.54, 1.807) is 0 Å². The zero-order valence-corrected chi connectivity index (χ0v) is 12.5. The van der Waals surface area contributed by atoms with Gasteiger partial charge in [0.05, 0.1) is 0 Å². The van der Waals surface area contributed by atoms with E-state index in [-0.39, 0.29) is 5.84 Å². The molecule has 1 aromatic rings. The number of oxime groups is 1. The third kappa shape index (κ3) is 2.96. The van der Waals surface area contributed by atoms with Crippen LogP contribution in [0.15, 0.2) is 29.4 Å². The average Bonchev–Trinajstić information content (AvgIpc) is 2.91. The summed E-state index contributed by atoms with van der Waals surface area (Å²) in [6, 6.07) is 7.90. The van der Waals surface area contributed by atoms with Gasteiger partial charge in [0.1, 0.15) is 0 Å². The van der Waals surface area contributed by atoms with Gasteiger partial charge < -0.3 is 10.9 Å². The molecule has 0 unspecified atom stereocenters. The molecular formula is C16H25N3O. The van der Waals surface area contributed by atoms with Crippen molar-refractivity contribution in [3.8, 4) is 0 Å². The van der Waals surface area contributed by atoms with Gasteiger partial charge in [0, 0.05) is 18.7 Å². The van der Waals surface area contributed by atoms with Crippen molar-refractivity contribution in [2.75, 3.05) is 13.1 Å². The fraction of sp³-hybridized carbons (Fsp3) is 0.562. The summed E-state index contributed by atoms with van der Waals surface area (Å²) in [6.07, 6.45) is 3.75. The second-order valence-corrected chi connectivity index (χ2v) is 5.81. The number of nitrogens with two attached hydrogens (primary N) is 1. The summed E-state index contributed by atoms with van der Waals surface area (Å²) in [5.74, 6) is 0.192. The molecule has 1 aromatic carbocycles. The number of hydrogen-bond donors (Lipinski definition) is 2. The molecule has 1 heterocycles. The quantitative estimate of drug-likeness (QED) is 0.376. The first-order chi connectivity index (χ1) is 9.64. The molecule has 20 heavy (non-hydrogen) atoms. The van der Waals surface area contributed by atoms with Crippen LogP contribution in [0.3, 0.4) is 0 Å². The number of benzene rings is 1. The highest BCUT2D eigenvalue weighted by Gasteiger charge is 2.34. The highest BCUT2D eigenvalue weighted by molar-refractivity contribution is 5.98. The molecule has 0 atom stereocenters. The minimum atomic E-state index is 0.192. The topological polar surface area (TPSA) is 61.8 Å². The Labute approximate surface area is 121 Å². The van der Waals surface area contributed by atoms with Crippen LogP contribution in [0.5, 0.6) is 0 Å². The van der Waals surface area contributed by atoms with Crippen molar-refractivity contribution in [2.45, 2.75) is 39.7 Å². The molecule has 4 heteroatoms. The first-order valence-corrected chi connectivity index (χ1v) is 7.42. The molecule has 1 saturated heterocycles. The Hall–Kier alpha value is -1.55. The number of amidine groups is 1. The molecule has 0 bridgehead atoms. The summed E-state index contributed by atoms with van der Waals surface area (Å²) < 4.78 is 0. The molecule has 1 aliphatic heterocycles. The van der Waals surface area contributed by atoms with Crippen molar-refractivity contribution in [1.82, 2.24) is 4.90 Å².